The van der Waals surface area contributed by atoms with E-state index in [-0.39, 0.29) is 23.9 Å². The van der Waals surface area contributed by atoms with Gasteiger partial charge in [0, 0.05) is 25.2 Å². The van der Waals surface area contributed by atoms with Crippen molar-refractivity contribution in [3.05, 3.63) is 81.8 Å². The predicted molar refractivity (Wildman–Crippen MR) is 107 cm³/mol. The maximum absolute atomic E-state index is 12.5. The minimum Gasteiger partial charge on any atom is -0.347 e. The lowest BCUT2D eigenvalue weighted by Crippen LogP contribution is -2.39. The Bertz CT molecular complexity index is 1110. The average molecular weight is 375 g/mol. The number of amides is 2. The lowest BCUT2D eigenvalue weighted by Gasteiger charge is -2.18. The highest BCUT2D eigenvalue weighted by molar-refractivity contribution is 5.94. The van der Waals surface area contributed by atoms with Crippen molar-refractivity contribution >= 4 is 22.6 Å². The van der Waals surface area contributed by atoms with E-state index in [0.717, 1.165) is 16.3 Å². The number of aromatic amines is 1. The number of pyridine rings is 1. The maximum Gasteiger partial charge on any atom is 0.260 e. The molecule has 1 aliphatic rings. The molecule has 1 atom stereocenters. The standard InChI is InChI=1S/C22H21N3O3/c1-14-9-10-19(21(27)23-14)22(28)24-17-11-20(26)25(13-17)12-16-7-4-6-15-5-2-3-8-18(15)16/h2-10,17H,11-13H2,1H3,(H,23,27)(H,24,28)/t17-/m1/s1. The number of carbonyl (C=O) groups is 2. The summed E-state index contributed by atoms with van der Waals surface area (Å²) < 4.78 is 0. The van der Waals surface area contributed by atoms with Gasteiger partial charge in [0.1, 0.15) is 5.56 Å². The van der Waals surface area contributed by atoms with E-state index in [2.05, 4.69) is 10.3 Å². The van der Waals surface area contributed by atoms with Gasteiger partial charge in [0.2, 0.25) is 5.91 Å². The Hall–Kier alpha value is -3.41. The largest absolute Gasteiger partial charge is 0.347 e. The molecule has 2 heterocycles. The van der Waals surface area contributed by atoms with Crippen molar-refractivity contribution in [2.75, 3.05) is 6.54 Å². The Morgan fingerprint density at radius 3 is 2.71 bits per heavy atom. The molecule has 0 radical (unpaired) electrons. The summed E-state index contributed by atoms with van der Waals surface area (Å²) in [6, 6.07) is 17.0. The van der Waals surface area contributed by atoms with Gasteiger partial charge < -0.3 is 15.2 Å². The Morgan fingerprint density at radius 1 is 1.11 bits per heavy atom. The monoisotopic (exact) mass is 375 g/mol. The van der Waals surface area contributed by atoms with Gasteiger partial charge in [0.05, 0.1) is 6.04 Å². The van der Waals surface area contributed by atoms with Crippen molar-refractivity contribution in [2.45, 2.75) is 25.9 Å². The van der Waals surface area contributed by atoms with E-state index in [4.69, 9.17) is 0 Å². The average Bonchev–Trinajstić information content (AvgIpc) is 3.00. The van der Waals surface area contributed by atoms with Crippen LogP contribution >= 0.6 is 0 Å². The van der Waals surface area contributed by atoms with Crippen LogP contribution in [0.15, 0.2) is 59.4 Å². The molecule has 0 bridgehead atoms. The maximum atomic E-state index is 12.5. The number of H-pyrrole nitrogens is 1. The van der Waals surface area contributed by atoms with Crippen LogP contribution in [0.5, 0.6) is 0 Å². The number of aromatic nitrogens is 1. The molecule has 3 aromatic rings. The second-order valence-corrected chi connectivity index (χ2v) is 7.17. The highest BCUT2D eigenvalue weighted by Gasteiger charge is 2.31. The smallest absolute Gasteiger partial charge is 0.260 e. The van der Waals surface area contributed by atoms with Crippen molar-refractivity contribution in [1.82, 2.24) is 15.2 Å². The third-order valence-corrected chi connectivity index (χ3v) is 5.09. The Kier molecular flexibility index (Phi) is 4.69. The molecule has 0 spiro atoms. The van der Waals surface area contributed by atoms with Gasteiger partial charge in [-0.1, -0.05) is 42.5 Å². The molecule has 1 aliphatic heterocycles. The summed E-state index contributed by atoms with van der Waals surface area (Å²) in [4.78, 5) is 41.2. The predicted octanol–water partition coefficient (Wildman–Crippen LogP) is 2.37. The van der Waals surface area contributed by atoms with Gasteiger partial charge in [0.15, 0.2) is 0 Å². The topological polar surface area (TPSA) is 82.3 Å². The second-order valence-electron chi connectivity index (χ2n) is 7.17. The van der Waals surface area contributed by atoms with Crippen molar-refractivity contribution in [3.63, 3.8) is 0 Å². The summed E-state index contributed by atoms with van der Waals surface area (Å²) in [6.45, 7) is 2.68. The van der Waals surface area contributed by atoms with E-state index in [1.165, 1.54) is 6.07 Å². The van der Waals surface area contributed by atoms with Crippen LogP contribution in [0.2, 0.25) is 0 Å². The van der Waals surface area contributed by atoms with E-state index in [1.807, 2.05) is 42.5 Å². The van der Waals surface area contributed by atoms with E-state index >= 15 is 0 Å². The zero-order chi connectivity index (χ0) is 19.7. The number of nitrogens with one attached hydrogen (secondary N) is 2. The molecular formula is C22H21N3O3. The van der Waals surface area contributed by atoms with Gasteiger partial charge in [-0.3, -0.25) is 14.4 Å². The van der Waals surface area contributed by atoms with Crippen molar-refractivity contribution in [3.8, 4) is 0 Å². The fourth-order valence-electron chi connectivity index (χ4n) is 3.67. The van der Waals surface area contributed by atoms with Crippen LogP contribution in [0, 0.1) is 6.92 Å². The lowest BCUT2D eigenvalue weighted by molar-refractivity contribution is -0.128. The van der Waals surface area contributed by atoms with Crippen LogP contribution in [0.1, 0.15) is 28.0 Å². The van der Waals surface area contributed by atoms with Gasteiger partial charge in [0.25, 0.3) is 11.5 Å². The van der Waals surface area contributed by atoms with Crippen LogP contribution < -0.4 is 10.9 Å². The van der Waals surface area contributed by atoms with Gasteiger partial charge in [-0.05, 0) is 35.4 Å². The molecule has 1 fully saturated rings. The third kappa shape index (κ3) is 3.53. The number of aryl methyl sites for hydroxylation is 1. The van der Waals surface area contributed by atoms with Crippen LogP contribution in [0.3, 0.4) is 0 Å². The van der Waals surface area contributed by atoms with E-state index in [0.29, 0.717) is 18.8 Å². The Morgan fingerprint density at radius 2 is 1.89 bits per heavy atom. The zero-order valence-corrected chi connectivity index (χ0v) is 15.6. The van der Waals surface area contributed by atoms with Crippen molar-refractivity contribution in [1.29, 1.82) is 0 Å². The SMILES string of the molecule is Cc1ccc(C(=O)N[C@@H]2CC(=O)N(Cc3cccc4ccccc34)C2)c(=O)[nH]1. The van der Waals surface area contributed by atoms with Crippen molar-refractivity contribution in [2.24, 2.45) is 0 Å². The van der Waals surface area contributed by atoms with E-state index in [1.54, 1.807) is 17.9 Å². The van der Waals surface area contributed by atoms with Crippen LogP contribution in [-0.4, -0.2) is 34.3 Å². The summed E-state index contributed by atoms with van der Waals surface area (Å²) in [5, 5.41) is 5.07. The molecule has 4 rings (SSSR count). The summed E-state index contributed by atoms with van der Waals surface area (Å²) in [7, 11) is 0. The normalized spacial score (nSPS) is 16.5. The number of benzene rings is 2. The van der Waals surface area contributed by atoms with Gasteiger partial charge in [-0.25, -0.2) is 0 Å². The summed E-state index contributed by atoms with van der Waals surface area (Å²) in [5.41, 5.74) is 1.41. The number of nitrogens with zero attached hydrogens (tertiary/aromatic N) is 1. The number of hydrogen-bond donors (Lipinski definition) is 2. The first-order chi connectivity index (χ1) is 13.5. The number of likely N-dealkylation sites (tertiary alicyclic amines) is 1. The molecular weight excluding hydrogens is 354 g/mol. The molecule has 1 aromatic heterocycles. The number of fused-ring (bicyclic) bond motifs is 1. The van der Waals surface area contributed by atoms with Crippen LogP contribution in [-0.2, 0) is 11.3 Å². The molecule has 6 nitrogen and oxygen atoms in total. The molecule has 2 N–H and O–H groups in total. The summed E-state index contributed by atoms with van der Waals surface area (Å²) >= 11 is 0. The van der Waals surface area contributed by atoms with Gasteiger partial charge >= 0.3 is 0 Å². The van der Waals surface area contributed by atoms with E-state index in [9.17, 15) is 14.4 Å². The number of rotatable bonds is 4. The lowest BCUT2D eigenvalue weighted by atomic mass is 10.0. The molecule has 0 saturated carbocycles. The van der Waals surface area contributed by atoms with Gasteiger partial charge in [-0.2, -0.15) is 0 Å². The summed E-state index contributed by atoms with van der Waals surface area (Å²) in [5.74, 6) is -0.456. The first-order valence-corrected chi connectivity index (χ1v) is 9.26. The molecule has 2 aromatic carbocycles. The molecule has 0 aliphatic carbocycles. The third-order valence-electron chi connectivity index (χ3n) is 5.09. The summed E-state index contributed by atoms with van der Waals surface area (Å²) in [6.07, 6.45) is 0.236. The Labute approximate surface area is 162 Å². The number of carbonyl (C=O) groups excluding carboxylic acids is 2. The fourth-order valence-corrected chi connectivity index (χ4v) is 3.67. The minimum atomic E-state index is -0.453. The zero-order valence-electron chi connectivity index (χ0n) is 15.6. The Balaban J connectivity index is 1.46. The van der Waals surface area contributed by atoms with E-state index < -0.39 is 11.5 Å². The first-order valence-electron chi connectivity index (χ1n) is 9.26. The first kappa shape index (κ1) is 18.0. The highest BCUT2D eigenvalue weighted by atomic mass is 16.2. The highest BCUT2D eigenvalue weighted by Crippen LogP contribution is 2.22. The molecule has 0 unspecified atom stereocenters. The quantitative estimate of drug-likeness (QED) is 0.734. The molecule has 28 heavy (non-hydrogen) atoms. The van der Waals surface area contributed by atoms with Gasteiger partial charge in [-0.15, -0.1) is 0 Å². The fraction of sp³-hybridized carbons (Fsp3) is 0.227. The molecule has 1 saturated heterocycles. The minimum absolute atomic E-state index is 0.00366. The molecule has 6 heteroatoms. The van der Waals surface area contributed by atoms with Crippen LogP contribution in [0.4, 0.5) is 0 Å². The molecule has 142 valence electrons. The number of hydrogen-bond acceptors (Lipinski definition) is 3. The van der Waals surface area contributed by atoms with Crippen molar-refractivity contribution < 1.29 is 9.59 Å². The molecule has 2 amide bonds. The second kappa shape index (κ2) is 7.31. The van der Waals surface area contributed by atoms with Crippen LogP contribution in [0.25, 0.3) is 10.8 Å².